The van der Waals surface area contributed by atoms with E-state index in [0.717, 1.165) is 31.6 Å². The van der Waals surface area contributed by atoms with Gasteiger partial charge in [0.25, 0.3) is 0 Å². The SMILES string of the molecule is Cc1cnc(CCNC(=O)C2CC2)n1C1CC1. The zero-order chi connectivity index (χ0) is 11.8. The van der Waals surface area contributed by atoms with Crippen LogP contribution >= 0.6 is 0 Å². The summed E-state index contributed by atoms with van der Waals surface area (Å²) in [5.41, 5.74) is 1.25. The quantitative estimate of drug-likeness (QED) is 0.839. The van der Waals surface area contributed by atoms with Crippen LogP contribution < -0.4 is 5.32 Å². The van der Waals surface area contributed by atoms with Crippen molar-refractivity contribution in [1.29, 1.82) is 0 Å². The summed E-state index contributed by atoms with van der Waals surface area (Å²) in [6.45, 7) is 2.83. The van der Waals surface area contributed by atoms with Crippen molar-refractivity contribution >= 4 is 5.91 Å². The first-order valence-corrected chi connectivity index (χ1v) is 6.56. The molecule has 3 rings (SSSR count). The Labute approximate surface area is 101 Å². The average Bonchev–Trinajstić information content (AvgIpc) is 3.19. The molecule has 0 spiro atoms. The van der Waals surface area contributed by atoms with Crippen LogP contribution in [-0.2, 0) is 11.2 Å². The highest BCUT2D eigenvalue weighted by atomic mass is 16.2. The molecule has 2 aliphatic rings. The third-order valence-corrected chi connectivity index (χ3v) is 3.57. The molecule has 0 unspecified atom stereocenters. The van der Waals surface area contributed by atoms with Crippen molar-refractivity contribution < 1.29 is 4.79 Å². The van der Waals surface area contributed by atoms with Gasteiger partial charge in [0.1, 0.15) is 5.82 Å². The second-order valence-corrected chi connectivity index (χ2v) is 5.23. The van der Waals surface area contributed by atoms with Crippen molar-refractivity contribution in [3.8, 4) is 0 Å². The van der Waals surface area contributed by atoms with Crippen molar-refractivity contribution in [2.75, 3.05) is 6.54 Å². The predicted molar refractivity (Wildman–Crippen MR) is 64.7 cm³/mol. The number of aryl methyl sites for hydroxylation is 1. The highest BCUT2D eigenvalue weighted by Gasteiger charge is 2.29. The molecule has 1 aromatic rings. The van der Waals surface area contributed by atoms with Crippen LogP contribution in [0.5, 0.6) is 0 Å². The van der Waals surface area contributed by atoms with E-state index in [2.05, 4.69) is 21.8 Å². The molecule has 4 heteroatoms. The highest BCUT2D eigenvalue weighted by Crippen LogP contribution is 2.36. The van der Waals surface area contributed by atoms with E-state index in [-0.39, 0.29) is 5.91 Å². The van der Waals surface area contributed by atoms with Gasteiger partial charge in [-0.05, 0) is 32.6 Å². The van der Waals surface area contributed by atoms with Crippen LogP contribution in [0.4, 0.5) is 0 Å². The maximum atomic E-state index is 11.5. The third kappa shape index (κ3) is 2.35. The van der Waals surface area contributed by atoms with E-state index in [1.165, 1.54) is 18.5 Å². The summed E-state index contributed by atoms with van der Waals surface area (Å²) >= 11 is 0. The lowest BCUT2D eigenvalue weighted by molar-refractivity contribution is -0.122. The second kappa shape index (κ2) is 4.17. The molecule has 1 N–H and O–H groups in total. The molecule has 0 aliphatic heterocycles. The standard InChI is InChI=1S/C13H19N3O/c1-9-8-15-12(16(9)11-4-5-11)6-7-14-13(17)10-2-3-10/h8,10-11H,2-7H2,1H3,(H,14,17). The molecule has 2 aliphatic carbocycles. The molecule has 0 aromatic carbocycles. The van der Waals surface area contributed by atoms with E-state index in [0.29, 0.717) is 12.0 Å². The Morgan fingerprint density at radius 1 is 1.47 bits per heavy atom. The van der Waals surface area contributed by atoms with Gasteiger partial charge in [0.15, 0.2) is 0 Å². The number of nitrogens with zero attached hydrogens (tertiary/aromatic N) is 2. The van der Waals surface area contributed by atoms with Crippen LogP contribution in [0.3, 0.4) is 0 Å². The first-order valence-electron chi connectivity index (χ1n) is 6.56. The Morgan fingerprint density at radius 3 is 2.88 bits per heavy atom. The molecule has 92 valence electrons. The van der Waals surface area contributed by atoms with Gasteiger partial charge in [-0.3, -0.25) is 4.79 Å². The van der Waals surface area contributed by atoms with E-state index in [9.17, 15) is 4.79 Å². The lowest BCUT2D eigenvalue weighted by atomic mass is 10.3. The fourth-order valence-corrected chi connectivity index (χ4v) is 2.30. The highest BCUT2D eigenvalue weighted by molar-refractivity contribution is 5.80. The molecule has 2 saturated carbocycles. The van der Waals surface area contributed by atoms with Gasteiger partial charge in [0.05, 0.1) is 0 Å². The second-order valence-electron chi connectivity index (χ2n) is 5.23. The fraction of sp³-hybridized carbons (Fsp3) is 0.692. The molecular formula is C13H19N3O. The number of hydrogen-bond acceptors (Lipinski definition) is 2. The Morgan fingerprint density at radius 2 is 2.24 bits per heavy atom. The van der Waals surface area contributed by atoms with Crippen LogP contribution in [0.2, 0.25) is 0 Å². The number of rotatable bonds is 5. The van der Waals surface area contributed by atoms with Gasteiger partial charge >= 0.3 is 0 Å². The number of hydrogen-bond donors (Lipinski definition) is 1. The van der Waals surface area contributed by atoms with Crippen molar-refractivity contribution in [2.45, 2.75) is 45.1 Å². The van der Waals surface area contributed by atoms with E-state index in [4.69, 9.17) is 0 Å². The fourth-order valence-electron chi connectivity index (χ4n) is 2.30. The Balaban J connectivity index is 1.55. The zero-order valence-corrected chi connectivity index (χ0v) is 10.3. The first-order chi connectivity index (χ1) is 8.25. The molecule has 17 heavy (non-hydrogen) atoms. The normalized spacial score (nSPS) is 19.4. The molecule has 0 radical (unpaired) electrons. The Kier molecular flexibility index (Phi) is 2.65. The number of imidazole rings is 1. The van der Waals surface area contributed by atoms with E-state index in [1.807, 2.05) is 6.20 Å². The monoisotopic (exact) mass is 233 g/mol. The number of nitrogens with one attached hydrogen (secondary N) is 1. The first kappa shape index (κ1) is 10.8. The Hall–Kier alpha value is -1.32. The molecule has 0 bridgehead atoms. The van der Waals surface area contributed by atoms with Gasteiger partial charge in [-0.25, -0.2) is 4.98 Å². The molecule has 4 nitrogen and oxygen atoms in total. The molecular weight excluding hydrogens is 214 g/mol. The number of aromatic nitrogens is 2. The maximum absolute atomic E-state index is 11.5. The van der Waals surface area contributed by atoms with Crippen LogP contribution in [0.25, 0.3) is 0 Å². The number of carbonyl (C=O) groups excluding carboxylic acids is 1. The average molecular weight is 233 g/mol. The van der Waals surface area contributed by atoms with Gasteiger partial charge < -0.3 is 9.88 Å². The van der Waals surface area contributed by atoms with Gasteiger partial charge in [-0.15, -0.1) is 0 Å². The lowest BCUT2D eigenvalue weighted by Gasteiger charge is -2.09. The Bertz CT molecular complexity index is 430. The van der Waals surface area contributed by atoms with Crippen molar-refractivity contribution in [2.24, 2.45) is 5.92 Å². The van der Waals surface area contributed by atoms with Crippen LogP contribution in [0.1, 0.15) is 43.2 Å². The van der Waals surface area contributed by atoms with E-state index in [1.54, 1.807) is 0 Å². The van der Waals surface area contributed by atoms with Crippen LogP contribution in [0, 0.1) is 12.8 Å². The van der Waals surface area contributed by atoms with E-state index < -0.39 is 0 Å². The topological polar surface area (TPSA) is 46.9 Å². The molecule has 1 amide bonds. The van der Waals surface area contributed by atoms with Crippen molar-refractivity contribution in [1.82, 2.24) is 14.9 Å². The molecule has 0 atom stereocenters. The van der Waals surface area contributed by atoms with E-state index >= 15 is 0 Å². The minimum Gasteiger partial charge on any atom is -0.355 e. The van der Waals surface area contributed by atoms with Crippen LogP contribution in [-0.4, -0.2) is 22.0 Å². The molecule has 1 heterocycles. The lowest BCUT2D eigenvalue weighted by Crippen LogP contribution is -2.27. The summed E-state index contributed by atoms with van der Waals surface area (Å²) in [6, 6.07) is 0.673. The maximum Gasteiger partial charge on any atom is 0.223 e. The van der Waals surface area contributed by atoms with Gasteiger partial charge in [0, 0.05) is 36.8 Å². The minimum absolute atomic E-state index is 0.228. The number of carbonyl (C=O) groups is 1. The number of amides is 1. The summed E-state index contributed by atoms with van der Waals surface area (Å²) < 4.78 is 2.34. The predicted octanol–water partition coefficient (Wildman–Crippen LogP) is 1.60. The molecule has 1 aromatic heterocycles. The van der Waals surface area contributed by atoms with Crippen LogP contribution in [0.15, 0.2) is 6.20 Å². The summed E-state index contributed by atoms with van der Waals surface area (Å²) in [6.07, 6.45) is 7.49. The van der Waals surface area contributed by atoms with Gasteiger partial charge in [-0.1, -0.05) is 0 Å². The minimum atomic E-state index is 0.228. The third-order valence-electron chi connectivity index (χ3n) is 3.57. The zero-order valence-electron chi connectivity index (χ0n) is 10.3. The summed E-state index contributed by atoms with van der Waals surface area (Å²) in [5, 5.41) is 3.00. The summed E-state index contributed by atoms with van der Waals surface area (Å²) in [7, 11) is 0. The smallest absolute Gasteiger partial charge is 0.223 e. The van der Waals surface area contributed by atoms with Gasteiger partial charge in [-0.2, -0.15) is 0 Å². The largest absolute Gasteiger partial charge is 0.355 e. The molecule has 2 fully saturated rings. The van der Waals surface area contributed by atoms with Gasteiger partial charge in [0.2, 0.25) is 5.91 Å². The molecule has 0 saturated heterocycles. The summed E-state index contributed by atoms with van der Waals surface area (Å²) in [5.74, 6) is 1.66. The summed E-state index contributed by atoms with van der Waals surface area (Å²) in [4.78, 5) is 15.9. The van der Waals surface area contributed by atoms with Crippen molar-refractivity contribution in [3.05, 3.63) is 17.7 Å². The van der Waals surface area contributed by atoms with Crippen molar-refractivity contribution in [3.63, 3.8) is 0 Å².